The molecular weight excluding hydrogens is 242 g/mol. The van der Waals surface area contributed by atoms with Crippen LogP contribution in [0.1, 0.15) is 23.2 Å². The maximum atomic E-state index is 11.7. The maximum Gasteiger partial charge on any atom is 0.335 e. The summed E-state index contributed by atoms with van der Waals surface area (Å²) >= 11 is 0. The molecule has 5 nitrogen and oxygen atoms in total. The molecule has 0 aliphatic heterocycles. The van der Waals surface area contributed by atoms with Crippen molar-refractivity contribution in [1.82, 2.24) is 0 Å². The summed E-state index contributed by atoms with van der Waals surface area (Å²) in [5.41, 5.74) is 0.363. The van der Waals surface area contributed by atoms with E-state index < -0.39 is 16.0 Å². The Hall–Kier alpha value is -1.56. The molecule has 0 atom stereocenters. The van der Waals surface area contributed by atoms with E-state index in [-0.39, 0.29) is 17.2 Å². The highest BCUT2D eigenvalue weighted by atomic mass is 32.2. The number of sulfonamides is 1. The first kappa shape index (κ1) is 11.9. The molecule has 0 saturated heterocycles. The van der Waals surface area contributed by atoms with Gasteiger partial charge in [-0.15, -0.1) is 0 Å². The van der Waals surface area contributed by atoms with Crippen molar-refractivity contribution in [3.8, 4) is 0 Å². The number of anilines is 1. The standard InChI is InChI=1S/C11H13NO4S/c13-11(14)9-2-1-3-10(6-9)12-17(15,16)7-8-4-5-8/h1-3,6,8,12H,4-5,7H2,(H,13,14). The van der Waals surface area contributed by atoms with Crippen LogP contribution in [0.25, 0.3) is 0 Å². The topological polar surface area (TPSA) is 83.5 Å². The normalized spacial score (nSPS) is 15.5. The van der Waals surface area contributed by atoms with Crippen LogP contribution in [-0.2, 0) is 10.0 Å². The largest absolute Gasteiger partial charge is 0.478 e. The summed E-state index contributed by atoms with van der Waals surface area (Å²) in [5, 5.41) is 8.79. The van der Waals surface area contributed by atoms with E-state index in [4.69, 9.17) is 5.11 Å². The second kappa shape index (κ2) is 4.37. The van der Waals surface area contributed by atoms with Gasteiger partial charge in [0.1, 0.15) is 0 Å². The van der Waals surface area contributed by atoms with Crippen molar-refractivity contribution >= 4 is 21.7 Å². The van der Waals surface area contributed by atoms with E-state index in [2.05, 4.69) is 4.72 Å². The number of benzene rings is 1. The van der Waals surface area contributed by atoms with E-state index >= 15 is 0 Å². The van der Waals surface area contributed by atoms with E-state index in [1.807, 2.05) is 0 Å². The van der Waals surface area contributed by atoms with Crippen molar-refractivity contribution in [1.29, 1.82) is 0 Å². The van der Waals surface area contributed by atoms with Crippen molar-refractivity contribution < 1.29 is 18.3 Å². The fraction of sp³-hybridized carbons (Fsp3) is 0.364. The molecule has 1 aromatic carbocycles. The van der Waals surface area contributed by atoms with Crippen LogP contribution < -0.4 is 4.72 Å². The van der Waals surface area contributed by atoms with Crippen LogP contribution in [0.4, 0.5) is 5.69 Å². The predicted molar refractivity (Wildman–Crippen MR) is 63.5 cm³/mol. The van der Waals surface area contributed by atoms with Gasteiger partial charge in [-0.1, -0.05) is 6.07 Å². The van der Waals surface area contributed by atoms with Crippen LogP contribution in [0.15, 0.2) is 24.3 Å². The Morgan fingerprint density at radius 3 is 2.71 bits per heavy atom. The summed E-state index contributed by atoms with van der Waals surface area (Å²) in [4.78, 5) is 10.7. The highest BCUT2D eigenvalue weighted by Gasteiger charge is 2.27. The zero-order valence-electron chi connectivity index (χ0n) is 9.09. The molecule has 0 amide bonds. The number of hydrogen-bond acceptors (Lipinski definition) is 3. The second-order valence-electron chi connectivity index (χ2n) is 4.21. The van der Waals surface area contributed by atoms with Gasteiger partial charge in [0.2, 0.25) is 10.0 Å². The molecule has 2 N–H and O–H groups in total. The molecule has 0 heterocycles. The highest BCUT2D eigenvalue weighted by Crippen LogP contribution is 2.30. The third-order valence-corrected chi connectivity index (χ3v) is 3.99. The lowest BCUT2D eigenvalue weighted by Crippen LogP contribution is -2.18. The molecule has 1 aliphatic rings. The van der Waals surface area contributed by atoms with Gasteiger partial charge in [0.25, 0.3) is 0 Å². The molecule has 17 heavy (non-hydrogen) atoms. The van der Waals surface area contributed by atoms with Crippen LogP contribution in [0, 0.1) is 5.92 Å². The van der Waals surface area contributed by atoms with Crippen molar-refractivity contribution in [2.24, 2.45) is 5.92 Å². The fourth-order valence-electron chi connectivity index (χ4n) is 1.53. The molecule has 0 aromatic heterocycles. The summed E-state index contributed by atoms with van der Waals surface area (Å²) in [6.07, 6.45) is 1.91. The van der Waals surface area contributed by atoms with E-state index in [0.29, 0.717) is 5.69 Å². The first-order valence-electron chi connectivity index (χ1n) is 5.30. The molecule has 92 valence electrons. The number of carboxylic acid groups (broad SMARTS) is 1. The number of carbonyl (C=O) groups is 1. The van der Waals surface area contributed by atoms with Gasteiger partial charge in [-0.2, -0.15) is 0 Å². The molecule has 0 radical (unpaired) electrons. The number of nitrogens with one attached hydrogen (secondary N) is 1. The maximum absolute atomic E-state index is 11.7. The average molecular weight is 255 g/mol. The van der Waals surface area contributed by atoms with Crippen molar-refractivity contribution in [3.63, 3.8) is 0 Å². The van der Waals surface area contributed by atoms with Crippen LogP contribution in [0.2, 0.25) is 0 Å². The number of rotatable bonds is 5. The van der Waals surface area contributed by atoms with E-state index in [0.717, 1.165) is 12.8 Å². The lowest BCUT2D eigenvalue weighted by molar-refractivity contribution is 0.0697. The van der Waals surface area contributed by atoms with Gasteiger partial charge >= 0.3 is 5.97 Å². The average Bonchev–Trinajstić information content (AvgIpc) is 3.00. The zero-order valence-corrected chi connectivity index (χ0v) is 9.90. The van der Waals surface area contributed by atoms with Gasteiger partial charge in [-0.05, 0) is 37.0 Å². The van der Waals surface area contributed by atoms with E-state index in [9.17, 15) is 13.2 Å². The molecule has 1 aliphatic carbocycles. The molecule has 2 rings (SSSR count). The van der Waals surface area contributed by atoms with Gasteiger partial charge in [-0.25, -0.2) is 13.2 Å². The Kier molecular flexibility index (Phi) is 3.06. The first-order chi connectivity index (χ1) is 7.96. The minimum absolute atomic E-state index is 0.0663. The van der Waals surface area contributed by atoms with Gasteiger partial charge < -0.3 is 5.11 Å². The Balaban J connectivity index is 2.12. The minimum Gasteiger partial charge on any atom is -0.478 e. The molecule has 0 spiro atoms. The Morgan fingerprint density at radius 2 is 2.12 bits per heavy atom. The Labute approximate surface area is 99.5 Å². The molecule has 0 unspecified atom stereocenters. The van der Waals surface area contributed by atoms with Gasteiger partial charge in [0.05, 0.1) is 11.3 Å². The van der Waals surface area contributed by atoms with Crippen LogP contribution in [0.3, 0.4) is 0 Å². The summed E-state index contributed by atoms with van der Waals surface area (Å²) in [5.74, 6) is -0.701. The van der Waals surface area contributed by atoms with Gasteiger partial charge in [-0.3, -0.25) is 4.72 Å². The van der Waals surface area contributed by atoms with Gasteiger partial charge in [0, 0.05) is 5.69 Å². The Bertz CT molecular complexity index is 534. The Morgan fingerprint density at radius 1 is 1.41 bits per heavy atom. The van der Waals surface area contributed by atoms with E-state index in [1.165, 1.54) is 24.3 Å². The van der Waals surface area contributed by atoms with E-state index in [1.54, 1.807) is 0 Å². The van der Waals surface area contributed by atoms with Crippen LogP contribution in [-0.4, -0.2) is 25.2 Å². The third-order valence-electron chi connectivity index (χ3n) is 2.53. The summed E-state index contributed by atoms with van der Waals surface area (Å²) < 4.78 is 25.7. The molecule has 1 saturated carbocycles. The van der Waals surface area contributed by atoms with Crippen molar-refractivity contribution in [2.45, 2.75) is 12.8 Å². The third kappa shape index (κ3) is 3.45. The number of carboxylic acids is 1. The quantitative estimate of drug-likeness (QED) is 0.835. The fourth-order valence-corrected chi connectivity index (χ4v) is 3.06. The highest BCUT2D eigenvalue weighted by molar-refractivity contribution is 7.92. The second-order valence-corrected chi connectivity index (χ2v) is 5.98. The smallest absolute Gasteiger partial charge is 0.335 e. The van der Waals surface area contributed by atoms with Gasteiger partial charge in [0.15, 0.2) is 0 Å². The molecular formula is C11H13NO4S. The minimum atomic E-state index is -3.36. The van der Waals surface area contributed by atoms with Crippen molar-refractivity contribution in [2.75, 3.05) is 10.5 Å². The predicted octanol–water partition coefficient (Wildman–Crippen LogP) is 1.54. The molecule has 1 aromatic rings. The zero-order chi connectivity index (χ0) is 12.5. The van der Waals surface area contributed by atoms with Crippen LogP contribution >= 0.6 is 0 Å². The first-order valence-corrected chi connectivity index (χ1v) is 6.95. The summed E-state index contributed by atoms with van der Waals surface area (Å²) in [6.45, 7) is 0. The monoisotopic (exact) mass is 255 g/mol. The summed E-state index contributed by atoms with van der Waals surface area (Å²) in [6, 6.07) is 5.78. The number of aromatic carboxylic acids is 1. The van der Waals surface area contributed by atoms with Crippen LogP contribution in [0.5, 0.6) is 0 Å². The van der Waals surface area contributed by atoms with Crippen molar-refractivity contribution in [3.05, 3.63) is 29.8 Å². The SMILES string of the molecule is O=C(O)c1cccc(NS(=O)(=O)CC2CC2)c1. The molecule has 1 fully saturated rings. The lowest BCUT2D eigenvalue weighted by Gasteiger charge is -2.07. The molecule has 6 heteroatoms. The molecule has 0 bridgehead atoms. The lowest BCUT2D eigenvalue weighted by atomic mass is 10.2. The summed E-state index contributed by atoms with van der Waals surface area (Å²) in [7, 11) is -3.36. The number of hydrogen-bond donors (Lipinski definition) is 2.